The molecule has 0 unspecified atom stereocenters. The van der Waals surface area contributed by atoms with Gasteiger partial charge in [-0.15, -0.1) is 18.3 Å². The van der Waals surface area contributed by atoms with Gasteiger partial charge in [-0.1, -0.05) is 17.3 Å². The van der Waals surface area contributed by atoms with Crippen LogP contribution in [0.1, 0.15) is 6.42 Å². The van der Waals surface area contributed by atoms with Crippen molar-refractivity contribution in [2.45, 2.75) is 12.8 Å². The Morgan fingerprint density at radius 3 is 2.68 bits per heavy atom. The quantitative estimate of drug-likeness (QED) is 0.486. The van der Waals surface area contributed by atoms with E-state index in [4.69, 9.17) is 4.74 Å². The molecule has 5 rings (SSSR count). The van der Waals surface area contributed by atoms with E-state index in [1.165, 1.54) is 28.9 Å². The van der Waals surface area contributed by atoms with Gasteiger partial charge in [-0.25, -0.2) is 4.68 Å². The Bertz CT molecular complexity index is 1360. The van der Waals surface area contributed by atoms with Crippen molar-refractivity contribution >= 4 is 16.7 Å². The lowest BCUT2D eigenvalue weighted by Gasteiger charge is -2.22. The Hall–Kier alpha value is -3.86. The third-order valence-corrected chi connectivity index (χ3v) is 5.52. The zero-order valence-corrected chi connectivity index (χ0v) is 17.9. The number of halogens is 3. The van der Waals surface area contributed by atoms with E-state index in [9.17, 15) is 18.0 Å². The maximum Gasteiger partial charge on any atom is 0.573 e. The molecule has 2 aromatic carbocycles. The summed E-state index contributed by atoms with van der Waals surface area (Å²) < 4.78 is 48.0. The number of ether oxygens (including phenoxy) is 2. The maximum absolute atomic E-state index is 12.9. The fourth-order valence-electron chi connectivity index (χ4n) is 3.94. The van der Waals surface area contributed by atoms with E-state index < -0.39 is 6.36 Å². The molecule has 0 aliphatic carbocycles. The van der Waals surface area contributed by atoms with Crippen LogP contribution in [0.4, 0.5) is 19.0 Å². The average Bonchev–Trinajstić information content (AvgIpc) is 3.13. The number of nitrogens with one attached hydrogen (secondary N) is 1. The number of pyridine rings is 1. The fraction of sp³-hybridized carbons (Fsp3) is 0.261. The van der Waals surface area contributed by atoms with Gasteiger partial charge in [0.1, 0.15) is 17.3 Å². The molecule has 0 radical (unpaired) electrons. The van der Waals surface area contributed by atoms with Crippen LogP contribution in [0.5, 0.6) is 5.75 Å². The number of aromatic amines is 1. The van der Waals surface area contributed by atoms with Crippen LogP contribution in [-0.2, 0) is 4.74 Å². The highest BCUT2D eigenvalue weighted by atomic mass is 19.4. The van der Waals surface area contributed by atoms with Gasteiger partial charge in [-0.2, -0.15) is 0 Å². The predicted octanol–water partition coefficient (Wildman–Crippen LogP) is 3.90. The highest BCUT2D eigenvalue weighted by Gasteiger charge is 2.31. The molecule has 1 saturated heterocycles. The van der Waals surface area contributed by atoms with Crippen LogP contribution in [-0.4, -0.2) is 52.6 Å². The average molecular weight is 471 g/mol. The van der Waals surface area contributed by atoms with Crippen LogP contribution in [0.15, 0.2) is 59.5 Å². The molecule has 176 valence electrons. The Kier molecular flexibility index (Phi) is 5.70. The van der Waals surface area contributed by atoms with Crippen molar-refractivity contribution in [3.63, 3.8) is 0 Å². The molecule has 4 aromatic rings. The number of anilines is 1. The van der Waals surface area contributed by atoms with Crippen molar-refractivity contribution < 1.29 is 22.6 Å². The molecule has 3 heterocycles. The second-order valence-electron chi connectivity index (χ2n) is 7.79. The van der Waals surface area contributed by atoms with Crippen LogP contribution in [0.3, 0.4) is 0 Å². The van der Waals surface area contributed by atoms with Crippen LogP contribution in [0.2, 0.25) is 0 Å². The number of H-pyrrole nitrogens is 1. The first-order chi connectivity index (χ1) is 16.4. The summed E-state index contributed by atoms with van der Waals surface area (Å²) >= 11 is 0. The van der Waals surface area contributed by atoms with Crippen molar-refractivity contribution in [2.24, 2.45) is 0 Å². The summed E-state index contributed by atoms with van der Waals surface area (Å²) in [5, 5.41) is 8.86. The highest BCUT2D eigenvalue weighted by Crippen LogP contribution is 2.28. The molecular weight excluding hydrogens is 451 g/mol. The SMILES string of the molecule is O=c1cc(N2CCCOCC2)[nH]c2c(-c3cn(-c4ccc(OC(F)(F)F)cc4)nn3)cccc12. The van der Waals surface area contributed by atoms with Gasteiger partial charge in [-0.3, -0.25) is 4.79 Å². The van der Waals surface area contributed by atoms with Crippen molar-refractivity contribution in [1.29, 1.82) is 0 Å². The van der Waals surface area contributed by atoms with Crippen LogP contribution in [0, 0.1) is 0 Å². The lowest BCUT2D eigenvalue weighted by molar-refractivity contribution is -0.274. The summed E-state index contributed by atoms with van der Waals surface area (Å²) in [4.78, 5) is 18.3. The van der Waals surface area contributed by atoms with Crippen molar-refractivity contribution in [2.75, 3.05) is 31.2 Å². The van der Waals surface area contributed by atoms with Crippen LogP contribution >= 0.6 is 0 Å². The molecule has 0 amide bonds. The van der Waals surface area contributed by atoms with E-state index >= 15 is 0 Å². The summed E-state index contributed by atoms with van der Waals surface area (Å²) in [5.41, 5.74) is 2.23. The first-order valence-corrected chi connectivity index (χ1v) is 10.6. The Balaban J connectivity index is 1.49. The summed E-state index contributed by atoms with van der Waals surface area (Å²) in [6.45, 7) is 2.72. The number of aromatic nitrogens is 4. The summed E-state index contributed by atoms with van der Waals surface area (Å²) in [6.07, 6.45) is -2.24. The van der Waals surface area contributed by atoms with Gasteiger partial charge in [0, 0.05) is 36.7 Å². The number of benzene rings is 2. The Morgan fingerprint density at radius 1 is 1.06 bits per heavy atom. The van der Waals surface area contributed by atoms with E-state index in [-0.39, 0.29) is 11.2 Å². The summed E-state index contributed by atoms with van der Waals surface area (Å²) in [5.74, 6) is 0.387. The highest BCUT2D eigenvalue weighted by molar-refractivity contribution is 5.93. The Morgan fingerprint density at radius 2 is 1.88 bits per heavy atom. The molecule has 8 nitrogen and oxygen atoms in total. The molecule has 2 aromatic heterocycles. The summed E-state index contributed by atoms with van der Waals surface area (Å²) in [6, 6.07) is 12.3. The fourth-order valence-corrected chi connectivity index (χ4v) is 3.94. The van der Waals surface area contributed by atoms with Crippen molar-refractivity contribution in [3.05, 3.63) is 65.0 Å². The normalized spacial score (nSPS) is 14.9. The Labute approximate surface area is 191 Å². The third-order valence-electron chi connectivity index (χ3n) is 5.52. The minimum Gasteiger partial charge on any atom is -0.406 e. The molecule has 1 aliphatic rings. The number of rotatable bonds is 4. The standard InChI is InChI=1S/C23H20F3N5O3/c24-23(25,26)34-16-7-5-15(6-8-16)31-14-19(28-29-31)17-3-1-4-18-20(32)13-21(27-22(17)18)30-9-2-11-33-12-10-30/h1,3-8,13-14H,2,9-12H2,(H,27,32). The van der Waals surface area contributed by atoms with E-state index in [1.807, 2.05) is 6.07 Å². The van der Waals surface area contributed by atoms with Gasteiger partial charge >= 0.3 is 6.36 Å². The van der Waals surface area contributed by atoms with Gasteiger partial charge in [-0.05, 0) is 36.8 Å². The molecule has 34 heavy (non-hydrogen) atoms. The topological polar surface area (TPSA) is 85.3 Å². The second kappa shape index (κ2) is 8.82. The molecule has 1 fully saturated rings. The molecule has 0 atom stereocenters. The first kappa shape index (κ1) is 22.0. The number of para-hydroxylation sites is 1. The minimum absolute atomic E-state index is 0.108. The molecule has 0 spiro atoms. The number of alkyl halides is 3. The number of hydrogen-bond donors (Lipinski definition) is 1. The lowest BCUT2D eigenvalue weighted by Crippen LogP contribution is -2.28. The van der Waals surface area contributed by atoms with Crippen molar-refractivity contribution in [1.82, 2.24) is 20.0 Å². The van der Waals surface area contributed by atoms with E-state index in [0.29, 0.717) is 53.4 Å². The molecule has 0 saturated carbocycles. The smallest absolute Gasteiger partial charge is 0.406 e. The molecule has 11 heteroatoms. The zero-order chi connectivity index (χ0) is 23.7. The largest absolute Gasteiger partial charge is 0.573 e. The second-order valence-corrected chi connectivity index (χ2v) is 7.79. The van der Waals surface area contributed by atoms with Gasteiger partial charge in [0.05, 0.1) is 24.0 Å². The summed E-state index contributed by atoms with van der Waals surface area (Å²) in [7, 11) is 0. The molecule has 1 aliphatic heterocycles. The first-order valence-electron chi connectivity index (χ1n) is 10.6. The van der Waals surface area contributed by atoms with Crippen molar-refractivity contribution in [3.8, 4) is 22.7 Å². The molecule has 1 N–H and O–H groups in total. The minimum atomic E-state index is -4.76. The van der Waals surface area contributed by atoms with E-state index in [1.54, 1.807) is 24.4 Å². The van der Waals surface area contributed by atoms with Crippen LogP contribution in [0.25, 0.3) is 27.8 Å². The zero-order valence-electron chi connectivity index (χ0n) is 17.9. The number of nitrogens with zero attached hydrogens (tertiary/aromatic N) is 4. The predicted molar refractivity (Wildman–Crippen MR) is 119 cm³/mol. The number of hydrogen-bond acceptors (Lipinski definition) is 6. The molecular formula is C23H20F3N5O3. The van der Waals surface area contributed by atoms with Gasteiger partial charge in [0.15, 0.2) is 5.43 Å². The van der Waals surface area contributed by atoms with E-state index in [0.717, 1.165) is 13.0 Å². The lowest BCUT2D eigenvalue weighted by atomic mass is 10.1. The third kappa shape index (κ3) is 4.60. The molecule has 0 bridgehead atoms. The van der Waals surface area contributed by atoms with E-state index in [2.05, 4.69) is 24.9 Å². The van der Waals surface area contributed by atoms with Gasteiger partial charge in [0.2, 0.25) is 0 Å². The monoisotopic (exact) mass is 471 g/mol. The van der Waals surface area contributed by atoms with Crippen LogP contribution < -0.4 is 15.1 Å². The maximum atomic E-state index is 12.9. The van der Waals surface area contributed by atoms with Gasteiger partial charge in [0.25, 0.3) is 0 Å². The van der Waals surface area contributed by atoms with Gasteiger partial charge < -0.3 is 19.4 Å². The number of fused-ring (bicyclic) bond motifs is 1.